The van der Waals surface area contributed by atoms with E-state index >= 15 is 0 Å². The number of amides is 1. The molecule has 0 radical (unpaired) electrons. The second-order valence-corrected chi connectivity index (χ2v) is 6.05. The quantitative estimate of drug-likeness (QED) is 0.869. The smallest absolute Gasteiger partial charge is 0.272 e. The number of carbonyl (C=O) groups excluding carboxylic acids is 1. The molecule has 4 rings (SSSR count). The number of carbonyl (C=O) groups is 1. The van der Waals surface area contributed by atoms with Gasteiger partial charge in [0.25, 0.3) is 5.91 Å². The molecule has 110 valence electrons. The molecular formula is C14H17N5O2. The molecule has 0 spiro atoms. The summed E-state index contributed by atoms with van der Waals surface area (Å²) in [7, 11) is 0. The zero-order valence-corrected chi connectivity index (χ0v) is 11.6. The third kappa shape index (κ3) is 2.08. The van der Waals surface area contributed by atoms with E-state index in [1.54, 1.807) is 18.2 Å². The van der Waals surface area contributed by atoms with Crippen LogP contribution in [0.25, 0.3) is 5.65 Å². The minimum atomic E-state index is -0.528. The van der Waals surface area contributed by atoms with Crippen LogP contribution in [0.1, 0.15) is 36.2 Å². The van der Waals surface area contributed by atoms with Crippen molar-refractivity contribution in [3.05, 3.63) is 23.9 Å². The standard InChI is InChI=1S/C14H17N5O2/c20-13(11-4-1-5-12-15-16-17-19(11)12)18-8-2-3-10(9-18)14(21)6-7-14/h1,4-5,10,21H,2-3,6-9H2. The Morgan fingerprint density at radius 2 is 2.24 bits per heavy atom. The number of hydrogen-bond acceptors (Lipinski definition) is 5. The van der Waals surface area contributed by atoms with E-state index in [0.717, 1.165) is 32.2 Å². The molecular weight excluding hydrogens is 270 g/mol. The van der Waals surface area contributed by atoms with Gasteiger partial charge in [-0.15, -0.1) is 5.10 Å². The third-order valence-corrected chi connectivity index (χ3v) is 4.67. The fourth-order valence-electron chi connectivity index (χ4n) is 3.23. The van der Waals surface area contributed by atoms with Gasteiger partial charge in [0.2, 0.25) is 0 Å². The monoisotopic (exact) mass is 287 g/mol. The highest BCUT2D eigenvalue weighted by Crippen LogP contribution is 2.45. The summed E-state index contributed by atoms with van der Waals surface area (Å²) in [5, 5.41) is 21.6. The molecule has 2 aliphatic rings. The van der Waals surface area contributed by atoms with Crippen LogP contribution in [0.15, 0.2) is 18.2 Å². The van der Waals surface area contributed by atoms with Crippen molar-refractivity contribution in [3.63, 3.8) is 0 Å². The maximum Gasteiger partial charge on any atom is 0.272 e. The third-order valence-electron chi connectivity index (χ3n) is 4.67. The topological polar surface area (TPSA) is 83.6 Å². The summed E-state index contributed by atoms with van der Waals surface area (Å²) in [6.07, 6.45) is 3.66. The molecule has 3 heterocycles. The van der Waals surface area contributed by atoms with Gasteiger partial charge in [0.05, 0.1) is 5.60 Å². The Morgan fingerprint density at radius 1 is 1.38 bits per heavy atom. The van der Waals surface area contributed by atoms with E-state index in [-0.39, 0.29) is 11.8 Å². The zero-order chi connectivity index (χ0) is 14.4. The maximum absolute atomic E-state index is 12.7. The van der Waals surface area contributed by atoms with E-state index in [2.05, 4.69) is 15.5 Å². The molecule has 1 aliphatic carbocycles. The number of nitrogens with zero attached hydrogens (tertiary/aromatic N) is 5. The van der Waals surface area contributed by atoms with Gasteiger partial charge in [0.1, 0.15) is 5.69 Å². The van der Waals surface area contributed by atoms with Crippen molar-refractivity contribution in [2.24, 2.45) is 5.92 Å². The number of aliphatic hydroxyl groups is 1. The van der Waals surface area contributed by atoms with E-state index in [0.29, 0.717) is 17.9 Å². The summed E-state index contributed by atoms with van der Waals surface area (Å²) in [5.74, 6) is 0.130. The number of likely N-dealkylation sites (tertiary alicyclic amines) is 1. The highest BCUT2D eigenvalue weighted by molar-refractivity contribution is 5.93. The van der Waals surface area contributed by atoms with Gasteiger partial charge in [-0.05, 0) is 48.2 Å². The number of aromatic nitrogens is 4. The first-order valence-corrected chi connectivity index (χ1v) is 7.36. The molecule has 0 bridgehead atoms. The summed E-state index contributed by atoms with van der Waals surface area (Å²) in [6.45, 7) is 1.35. The lowest BCUT2D eigenvalue weighted by molar-refractivity contribution is 0.0278. The molecule has 1 saturated heterocycles. The van der Waals surface area contributed by atoms with Gasteiger partial charge in [-0.3, -0.25) is 4.79 Å². The van der Waals surface area contributed by atoms with Crippen molar-refractivity contribution >= 4 is 11.6 Å². The Labute approximate surface area is 121 Å². The maximum atomic E-state index is 12.7. The van der Waals surface area contributed by atoms with E-state index in [9.17, 15) is 9.90 Å². The van der Waals surface area contributed by atoms with Crippen molar-refractivity contribution in [3.8, 4) is 0 Å². The molecule has 1 N–H and O–H groups in total. The highest BCUT2D eigenvalue weighted by Gasteiger charge is 2.49. The molecule has 7 nitrogen and oxygen atoms in total. The van der Waals surface area contributed by atoms with Crippen molar-refractivity contribution in [2.45, 2.75) is 31.3 Å². The van der Waals surface area contributed by atoms with Crippen molar-refractivity contribution in [2.75, 3.05) is 13.1 Å². The lowest BCUT2D eigenvalue weighted by Gasteiger charge is -2.35. The van der Waals surface area contributed by atoms with Crippen LogP contribution in [-0.4, -0.2) is 54.6 Å². The predicted octanol–water partition coefficient (Wildman–Crippen LogP) is 0.501. The van der Waals surface area contributed by atoms with Crippen LogP contribution < -0.4 is 0 Å². The van der Waals surface area contributed by atoms with Gasteiger partial charge >= 0.3 is 0 Å². The zero-order valence-electron chi connectivity index (χ0n) is 11.6. The van der Waals surface area contributed by atoms with Crippen molar-refractivity contribution in [1.29, 1.82) is 0 Å². The number of hydrogen-bond donors (Lipinski definition) is 1. The van der Waals surface area contributed by atoms with Crippen LogP contribution in [0.4, 0.5) is 0 Å². The van der Waals surface area contributed by atoms with Crippen LogP contribution in [0.5, 0.6) is 0 Å². The summed E-state index contributed by atoms with van der Waals surface area (Å²) in [6, 6.07) is 5.29. The van der Waals surface area contributed by atoms with Gasteiger partial charge in [-0.2, -0.15) is 4.52 Å². The van der Waals surface area contributed by atoms with E-state index in [1.165, 1.54) is 4.52 Å². The number of fused-ring (bicyclic) bond motifs is 1. The van der Waals surface area contributed by atoms with E-state index in [4.69, 9.17) is 0 Å². The van der Waals surface area contributed by atoms with Crippen LogP contribution in [-0.2, 0) is 0 Å². The molecule has 0 aromatic carbocycles. The summed E-state index contributed by atoms with van der Waals surface area (Å²) >= 11 is 0. The Balaban J connectivity index is 1.60. The molecule has 7 heteroatoms. The van der Waals surface area contributed by atoms with Crippen LogP contribution in [0.3, 0.4) is 0 Å². The molecule has 1 amide bonds. The molecule has 1 saturated carbocycles. The first-order chi connectivity index (χ1) is 10.2. The van der Waals surface area contributed by atoms with E-state index < -0.39 is 5.60 Å². The van der Waals surface area contributed by atoms with Crippen molar-refractivity contribution < 1.29 is 9.90 Å². The average Bonchev–Trinajstić information content (AvgIpc) is 3.09. The lowest BCUT2D eigenvalue weighted by atomic mass is 9.90. The Hall–Kier alpha value is -2.02. The predicted molar refractivity (Wildman–Crippen MR) is 73.6 cm³/mol. The Morgan fingerprint density at radius 3 is 3.05 bits per heavy atom. The van der Waals surface area contributed by atoms with Gasteiger partial charge in [0.15, 0.2) is 5.65 Å². The molecule has 1 aliphatic heterocycles. The summed E-state index contributed by atoms with van der Waals surface area (Å²) in [4.78, 5) is 14.6. The fourth-order valence-corrected chi connectivity index (χ4v) is 3.23. The SMILES string of the molecule is O=C(c1cccc2nnnn12)N1CCCC(C2(O)CC2)C1. The van der Waals surface area contributed by atoms with Crippen molar-refractivity contribution in [1.82, 2.24) is 24.9 Å². The average molecular weight is 287 g/mol. The lowest BCUT2D eigenvalue weighted by Crippen LogP contribution is -2.44. The minimum Gasteiger partial charge on any atom is -0.390 e. The van der Waals surface area contributed by atoms with Crippen LogP contribution in [0, 0.1) is 5.92 Å². The number of pyridine rings is 1. The van der Waals surface area contributed by atoms with Gasteiger partial charge < -0.3 is 10.0 Å². The number of rotatable bonds is 2. The second-order valence-electron chi connectivity index (χ2n) is 6.05. The van der Waals surface area contributed by atoms with Crippen LogP contribution in [0.2, 0.25) is 0 Å². The highest BCUT2D eigenvalue weighted by atomic mass is 16.3. The molecule has 2 fully saturated rings. The Kier molecular flexibility index (Phi) is 2.72. The molecule has 1 unspecified atom stereocenters. The molecule has 1 atom stereocenters. The fraction of sp³-hybridized carbons (Fsp3) is 0.571. The minimum absolute atomic E-state index is 0.0677. The largest absolute Gasteiger partial charge is 0.390 e. The number of piperidine rings is 1. The normalized spacial score (nSPS) is 24.2. The van der Waals surface area contributed by atoms with Gasteiger partial charge in [-0.1, -0.05) is 6.07 Å². The molecule has 21 heavy (non-hydrogen) atoms. The summed E-state index contributed by atoms with van der Waals surface area (Å²) in [5.41, 5.74) is 0.510. The first-order valence-electron chi connectivity index (χ1n) is 7.36. The van der Waals surface area contributed by atoms with Gasteiger partial charge in [-0.25, -0.2) is 0 Å². The van der Waals surface area contributed by atoms with Gasteiger partial charge in [0, 0.05) is 19.0 Å². The van der Waals surface area contributed by atoms with Crippen LogP contribution >= 0.6 is 0 Å². The molecule has 2 aromatic rings. The first kappa shape index (κ1) is 12.7. The Bertz CT molecular complexity index is 693. The summed E-state index contributed by atoms with van der Waals surface area (Å²) < 4.78 is 1.47. The number of tetrazole rings is 1. The second kappa shape index (κ2) is 4.49. The van der Waals surface area contributed by atoms with E-state index in [1.807, 2.05) is 4.90 Å². The molecule has 2 aromatic heterocycles.